The molecule has 0 spiro atoms. The maximum Gasteiger partial charge on any atom is 0.266 e. The van der Waals surface area contributed by atoms with E-state index in [9.17, 15) is 8.78 Å². The van der Waals surface area contributed by atoms with Crippen LogP contribution >= 0.6 is 15.9 Å². The second-order valence-corrected chi connectivity index (χ2v) is 7.86. The highest BCUT2D eigenvalue weighted by molar-refractivity contribution is 9.10. The van der Waals surface area contributed by atoms with Gasteiger partial charge in [-0.3, -0.25) is 4.98 Å². The number of pyridine rings is 1. The van der Waals surface area contributed by atoms with Crippen LogP contribution in [0.3, 0.4) is 0 Å². The topological polar surface area (TPSA) is 12.9 Å². The van der Waals surface area contributed by atoms with Crippen LogP contribution in [0.15, 0.2) is 41.0 Å². The molecule has 0 bridgehead atoms. The van der Waals surface area contributed by atoms with Gasteiger partial charge in [0.25, 0.3) is 5.92 Å². The standard InChI is InChI=1S/C18H18BrF2N/c1-16(2)13-7-5-11(15-8-6-12(19)10-22-15)9-14(13)17(3,4)18(16,20)21/h5-10H,1-4H3. The third kappa shape index (κ3) is 1.89. The molecule has 116 valence electrons. The van der Waals surface area contributed by atoms with E-state index in [1.807, 2.05) is 30.3 Å². The van der Waals surface area contributed by atoms with Crippen molar-refractivity contribution in [2.45, 2.75) is 44.4 Å². The number of nitrogens with zero attached hydrogens (tertiary/aromatic N) is 1. The molecule has 1 aliphatic rings. The van der Waals surface area contributed by atoms with Crippen LogP contribution in [0.25, 0.3) is 11.3 Å². The van der Waals surface area contributed by atoms with Crippen LogP contribution in [-0.4, -0.2) is 10.9 Å². The first-order chi connectivity index (χ1) is 10.1. The van der Waals surface area contributed by atoms with E-state index in [1.165, 1.54) is 0 Å². The molecule has 0 N–H and O–H groups in total. The molecule has 0 unspecified atom stereocenters. The maximum atomic E-state index is 14.9. The van der Waals surface area contributed by atoms with Gasteiger partial charge in [0.2, 0.25) is 0 Å². The lowest BCUT2D eigenvalue weighted by Crippen LogP contribution is -2.46. The van der Waals surface area contributed by atoms with Gasteiger partial charge in [-0.05, 0) is 73.0 Å². The number of fused-ring (bicyclic) bond motifs is 1. The first kappa shape index (κ1) is 15.6. The van der Waals surface area contributed by atoms with E-state index in [0.717, 1.165) is 21.3 Å². The Morgan fingerprint density at radius 3 is 2.14 bits per heavy atom. The summed E-state index contributed by atoms with van der Waals surface area (Å²) in [6, 6.07) is 9.37. The average Bonchev–Trinajstić information content (AvgIpc) is 2.56. The van der Waals surface area contributed by atoms with Gasteiger partial charge in [0.1, 0.15) is 0 Å². The summed E-state index contributed by atoms with van der Waals surface area (Å²) >= 11 is 3.35. The van der Waals surface area contributed by atoms with Crippen LogP contribution in [0.4, 0.5) is 8.78 Å². The van der Waals surface area contributed by atoms with Crippen LogP contribution in [0.1, 0.15) is 38.8 Å². The van der Waals surface area contributed by atoms with Crippen LogP contribution in [0.5, 0.6) is 0 Å². The first-order valence-corrected chi connectivity index (χ1v) is 8.03. The summed E-state index contributed by atoms with van der Waals surface area (Å²) in [5.41, 5.74) is 0.727. The molecule has 1 nitrogen and oxygen atoms in total. The fourth-order valence-electron chi connectivity index (χ4n) is 3.43. The minimum absolute atomic E-state index is 0.713. The van der Waals surface area contributed by atoms with Gasteiger partial charge >= 0.3 is 0 Å². The van der Waals surface area contributed by atoms with Crippen LogP contribution < -0.4 is 0 Å². The molecule has 1 aliphatic carbocycles. The maximum absolute atomic E-state index is 14.9. The average molecular weight is 366 g/mol. The highest BCUT2D eigenvalue weighted by Crippen LogP contribution is 2.59. The van der Waals surface area contributed by atoms with E-state index < -0.39 is 16.8 Å². The quantitative estimate of drug-likeness (QED) is 0.630. The number of hydrogen-bond acceptors (Lipinski definition) is 1. The minimum atomic E-state index is -2.80. The number of benzene rings is 1. The molecular formula is C18H18BrF2N. The molecule has 4 heteroatoms. The Bertz CT molecular complexity index is 733. The summed E-state index contributed by atoms with van der Waals surface area (Å²) in [7, 11) is 0. The molecule has 0 radical (unpaired) electrons. The van der Waals surface area contributed by atoms with E-state index in [2.05, 4.69) is 20.9 Å². The fourth-order valence-corrected chi connectivity index (χ4v) is 3.67. The normalized spacial score (nSPS) is 20.7. The van der Waals surface area contributed by atoms with E-state index in [-0.39, 0.29) is 0 Å². The molecular weight excluding hydrogens is 348 g/mol. The number of aromatic nitrogens is 1. The highest BCUT2D eigenvalue weighted by Gasteiger charge is 2.65. The second-order valence-electron chi connectivity index (χ2n) is 6.95. The molecule has 0 atom stereocenters. The SMILES string of the molecule is CC1(C)c2ccc(-c3ccc(Br)cn3)cc2C(C)(C)C1(F)F. The van der Waals surface area contributed by atoms with Crippen molar-refractivity contribution in [2.24, 2.45) is 0 Å². The summed E-state index contributed by atoms with van der Waals surface area (Å²) in [5, 5.41) is 0. The number of halogens is 3. The summed E-state index contributed by atoms with van der Waals surface area (Å²) < 4.78 is 30.6. The van der Waals surface area contributed by atoms with Crippen LogP contribution in [0.2, 0.25) is 0 Å². The summed E-state index contributed by atoms with van der Waals surface area (Å²) in [5.74, 6) is -2.80. The highest BCUT2D eigenvalue weighted by atomic mass is 79.9. The number of rotatable bonds is 1. The van der Waals surface area contributed by atoms with Gasteiger partial charge in [-0.1, -0.05) is 12.1 Å². The third-order valence-corrected chi connectivity index (χ3v) is 5.43. The molecule has 0 amide bonds. The van der Waals surface area contributed by atoms with Gasteiger partial charge in [-0.15, -0.1) is 0 Å². The van der Waals surface area contributed by atoms with Gasteiger partial charge < -0.3 is 0 Å². The third-order valence-electron chi connectivity index (χ3n) is 4.96. The van der Waals surface area contributed by atoms with Crippen molar-refractivity contribution in [3.8, 4) is 11.3 Å². The van der Waals surface area contributed by atoms with Crippen molar-refractivity contribution in [1.29, 1.82) is 0 Å². The van der Waals surface area contributed by atoms with Crippen molar-refractivity contribution in [3.63, 3.8) is 0 Å². The zero-order chi connectivity index (χ0) is 16.3. The Hall–Kier alpha value is -1.29. The van der Waals surface area contributed by atoms with Gasteiger partial charge in [-0.2, -0.15) is 0 Å². The number of alkyl halides is 2. The first-order valence-electron chi connectivity index (χ1n) is 7.24. The van der Waals surface area contributed by atoms with E-state index >= 15 is 0 Å². The smallest absolute Gasteiger partial charge is 0.255 e. The monoisotopic (exact) mass is 365 g/mol. The van der Waals surface area contributed by atoms with Crippen molar-refractivity contribution < 1.29 is 8.78 Å². The van der Waals surface area contributed by atoms with Gasteiger partial charge in [0.15, 0.2) is 0 Å². The summed E-state index contributed by atoms with van der Waals surface area (Å²) in [4.78, 5) is 4.36. The molecule has 3 rings (SSSR count). The van der Waals surface area contributed by atoms with Crippen molar-refractivity contribution >= 4 is 15.9 Å². The van der Waals surface area contributed by atoms with Crippen molar-refractivity contribution in [1.82, 2.24) is 4.98 Å². The Morgan fingerprint density at radius 2 is 1.55 bits per heavy atom. The lowest BCUT2D eigenvalue weighted by molar-refractivity contribution is -0.105. The Balaban J connectivity index is 2.19. The largest absolute Gasteiger partial charge is 0.266 e. The van der Waals surface area contributed by atoms with Gasteiger partial charge in [0, 0.05) is 16.2 Å². The van der Waals surface area contributed by atoms with E-state index in [1.54, 1.807) is 33.9 Å². The lowest BCUT2D eigenvalue weighted by atomic mass is 9.77. The summed E-state index contributed by atoms with van der Waals surface area (Å²) in [6.45, 7) is 6.50. The molecule has 1 heterocycles. The molecule has 0 aliphatic heterocycles. The molecule has 22 heavy (non-hydrogen) atoms. The lowest BCUT2D eigenvalue weighted by Gasteiger charge is -2.35. The zero-order valence-electron chi connectivity index (χ0n) is 13.0. The van der Waals surface area contributed by atoms with Gasteiger partial charge in [0.05, 0.1) is 16.5 Å². The molecule has 2 aromatic rings. The molecule has 0 fully saturated rings. The Morgan fingerprint density at radius 1 is 0.909 bits per heavy atom. The molecule has 1 aromatic heterocycles. The predicted molar refractivity (Wildman–Crippen MR) is 88.4 cm³/mol. The number of hydrogen-bond donors (Lipinski definition) is 0. The molecule has 0 saturated carbocycles. The Labute approximate surface area is 137 Å². The van der Waals surface area contributed by atoms with Crippen molar-refractivity contribution in [2.75, 3.05) is 0 Å². The molecule has 1 aromatic carbocycles. The fraction of sp³-hybridized carbons (Fsp3) is 0.389. The van der Waals surface area contributed by atoms with Crippen LogP contribution in [0, 0.1) is 0 Å². The summed E-state index contributed by atoms with van der Waals surface area (Å²) in [6.07, 6.45) is 1.71. The zero-order valence-corrected chi connectivity index (χ0v) is 14.6. The minimum Gasteiger partial charge on any atom is -0.255 e. The second kappa shape index (κ2) is 4.60. The Kier molecular flexibility index (Phi) is 3.27. The van der Waals surface area contributed by atoms with Crippen LogP contribution in [-0.2, 0) is 10.8 Å². The predicted octanol–water partition coefficient (Wildman–Crippen LogP) is 5.72. The van der Waals surface area contributed by atoms with Gasteiger partial charge in [-0.25, -0.2) is 8.78 Å². The molecule has 0 saturated heterocycles. The van der Waals surface area contributed by atoms with E-state index in [0.29, 0.717) is 5.56 Å². The van der Waals surface area contributed by atoms with E-state index in [4.69, 9.17) is 0 Å². The van der Waals surface area contributed by atoms with Crippen molar-refractivity contribution in [3.05, 3.63) is 52.1 Å².